The minimum atomic E-state index is -0.456. The second-order valence-corrected chi connectivity index (χ2v) is 11.6. The Bertz CT molecular complexity index is 432. The number of aliphatic hydroxyl groups is 1. The van der Waals surface area contributed by atoms with Crippen molar-refractivity contribution in [2.24, 2.45) is 17.8 Å². The van der Waals surface area contributed by atoms with Crippen molar-refractivity contribution in [3.63, 3.8) is 0 Å². The summed E-state index contributed by atoms with van der Waals surface area (Å²) in [5, 5.41) is 10.5. The molecular formula is C28H57NO2S2. The van der Waals surface area contributed by atoms with Gasteiger partial charge in [-0.2, -0.15) is 0 Å². The Hall–Kier alpha value is 0.160. The van der Waals surface area contributed by atoms with Crippen molar-refractivity contribution in [3.05, 3.63) is 0 Å². The van der Waals surface area contributed by atoms with E-state index in [2.05, 4.69) is 46.4 Å². The molecule has 0 aromatic rings. The van der Waals surface area contributed by atoms with Crippen LogP contribution in [0.1, 0.15) is 119 Å². The standard InChI is InChI=1S/C28H57NO2S2/c1-7-13-16-24(10-4)19-29(20-25(11-5)17-14-8-2)28(32)33-23-27(30)22-31-21-26(12-6)18-15-9-3/h24-27,30H,7-23H2,1-6H3/t24-,25?,26?,27?/m1/s1. The normalized spacial score (nSPS) is 15.2. The molecule has 0 aliphatic rings. The maximum Gasteiger partial charge on any atom is 0.136 e. The monoisotopic (exact) mass is 503 g/mol. The van der Waals surface area contributed by atoms with E-state index in [0.29, 0.717) is 30.1 Å². The average molecular weight is 504 g/mol. The van der Waals surface area contributed by atoms with E-state index < -0.39 is 6.10 Å². The number of nitrogens with zero attached hydrogens (tertiary/aromatic N) is 1. The summed E-state index contributed by atoms with van der Waals surface area (Å²) in [6.45, 7) is 17.0. The number of thiocarbonyl (C=S) groups is 1. The third-order valence-electron chi connectivity index (χ3n) is 6.91. The summed E-state index contributed by atoms with van der Waals surface area (Å²) in [6.07, 6.45) is 14.5. The van der Waals surface area contributed by atoms with Crippen LogP contribution < -0.4 is 0 Å². The van der Waals surface area contributed by atoms with Crippen molar-refractivity contribution >= 4 is 28.3 Å². The third kappa shape index (κ3) is 17.3. The molecular weight excluding hydrogens is 446 g/mol. The van der Waals surface area contributed by atoms with Crippen LogP contribution in [0.3, 0.4) is 0 Å². The minimum Gasteiger partial charge on any atom is -0.390 e. The summed E-state index contributed by atoms with van der Waals surface area (Å²) < 4.78 is 6.84. The van der Waals surface area contributed by atoms with Crippen LogP contribution in [0.15, 0.2) is 0 Å². The lowest BCUT2D eigenvalue weighted by molar-refractivity contribution is 0.0288. The molecule has 0 spiro atoms. The molecule has 0 bridgehead atoms. The molecule has 198 valence electrons. The summed E-state index contributed by atoms with van der Waals surface area (Å²) in [4.78, 5) is 2.47. The molecule has 0 saturated heterocycles. The van der Waals surface area contributed by atoms with Gasteiger partial charge in [-0.15, -0.1) is 0 Å². The second-order valence-electron chi connectivity index (χ2n) is 9.92. The highest BCUT2D eigenvalue weighted by Crippen LogP contribution is 2.23. The molecule has 33 heavy (non-hydrogen) atoms. The van der Waals surface area contributed by atoms with E-state index in [-0.39, 0.29) is 0 Å². The predicted molar refractivity (Wildman–Crippen MR) is 153 cm³/mol. The summed E-state index contributed by atoms with van der Waals surface area (Å²) in [7, 11) is 0. The molecule has 0 aromatic carbocycles. The molecule has 0 rings (SSSR count). The number of aliphatic hydroxyl groups excluding tert-OH is 1. The number of rotatable bonds is 22. The number of ether oxygens (including phenoxy) is 1. The van der Waals surface area contributed by atoms with Gasteiger partial charge >= 0.3 is 0 Å². The van der Waals surface area contributed by atoms with E-state index in [1.807, 2.05) is 0 Å². The van der Waals surface area contributed by atoms with Crippen molar-refractivity contribution in [3.8, 4) is 0 Å². The van der Waals surface area contributed by atoms with E-state index in [9.17, 15) is 5.11 Å². The molecule has 3 unspecified atom stereocenters. The number of hydrogen-bond acceptors (Lipinski definition) is 4. The van der Waals surface area contributed by atoms with Gasteiger partial charge in [0.2, 0.25) is 0 Å². The first kappa shape index (κ1) is 33.2. The Morgan fingerprint density at radius 3 is 1.64 bits per heavy atom. The molecule has 0 saturated carbocycles. The SMILES string of the molecule is CCCCC(CC)COCC(O)CSC(=S)N(CC(CC)CCCC)C[C@H](CC)CCCC. The minimum absolute atomic E-state index is 0.417. The fourth-order valence-electron chi connectivity index (χ4n) is 4.26. The first-order valence-corrected chi connectivity index (χ1v) is 15.5. The molecule has 0 aromatic heterocycles. The second kappa shape index (κ2) is 22.6. The molecule has 0 aliphatic heterocycles. The zero-order valence-electron chi connectivity index (χ0n) is 22.9. The summed E-state index contributed by atoms with van der Waals surface area (Å²) >= 11 is 7.56. The number of unbranched alkanes of at least 4 members (excludes halogenated alkanes) is 3. The van der Waals surface area contributed by atoms with Gasteiger partial charge in [-0.05, 0) is 37.0 Å². The molecule has 0 heterocycles. The van der Waals surface area contributed by atoms with Crippen LogP contribution >= 0.6 is 24.0 Å². The van der Waals surface area contributed by atoms with Crippen molar-refractivity contribution in [1.82, 2.24) is 4.90 Å². The fourth-order valence-corrected chi connectivity index (χ4v) is 5.37. The average Bonchev–Trinajstić information content (AvgIpc) is 2.83. The van der Waals surface area contributed by atoms with E-state index >= 15 is 0 Å². The summed E-state index contributed by atoms with van der Waals surface area (Å²) in [5.41, 5.74) is 0. The summed E-state index contributed by atoms with van der Waals surface area (Å²) in [6, 6.07) is 0. The van der Waals surface area contributed by atoms with Crippen molar-refractivity contribution in [2.45, 2.75) is 125 Å². The van der Waals surface area contributed by atoms with Crippen molar-refractivity contribution < 1.29 is 9.84 Å². The van der Waals surface area contributed by atoms with Gasteiger partial charge in [0, 0.05) is 25.4 Å². The molecule has 5 heteroatoms. The molecule has 3 nitrogen and oxygen atoms in total. The van der Waals surface area contributed by atoms with Gasteiger partial charge in [0.05, 0.1) is 12.7 Å². The first-order valence-electron chi connectivity index (χ1n) is 14.1. The smallest absolute Gasteiger partial charge is 0.136 e. The van der Waals surface area contributed by atoms with Gasteiger partial charge in [0.15, 0.2) is 0 Å². The van der Waals surface area contributed by atoms with E-state index in [4.69, 9.17) is 17.0 Å². The molecule has 0 aliphatic carbocycles. The van der Waals surface area contributed by atoms with Crippen LogP contribution in [-0.4, -0.2) is 52.5 Å². The van der Waals surface area contributed by atoms with Gasteiger partial charge < -0.3 is 14.7 Å². The molecule has 1 N–H and O–H groups in total. The lowest BCUT2D eigenvalue weighted by Crippen LogP contribution is -2.37. The summed E-state index contributed by atoms with van der Waals surface area (Å²) in [5.74, 6) is 2.65. The maximum absolute atomic E-state index is 10.5. The molecule has 0 amide bonds. The van der Waals surface area contributed by atoms with Crippen molar-refractivity contribution in [1.29, 1.82) is 0 Å². The van der Waals surface area contributed by atoms with E-state index in [0.717, 1.165) is 30.4 Å². The van der Waals surface area contributed by atoms with E-state index in [1.54, 1.807) is 11.8 Å². The number of hydrogen-bond donors (Lipinski definition) is 1. The highest BCUT2D eigenvalue weighted by Gasteiger charge is 2.20. The van der Waals surface area contributed by atoms with Crippen molar-refractivity contribution in [2.75, 3.05) is 32.1 Å². The predicted octanol–water partition coefficient (Wildman–Crippen LogP) is 8.33. The number of thioether (sulfide) groups is 1. The van der Waals surface area contributed by atoms with Gasteiger partial charge in [-0.1, -0.05) is 123 Å². The maximum atomic E-state index is 10.5. The van der Waals surface area contributed by atoms with Gasteiger partial charge in [-0.25, -0.2) is 0 Å². The fraction of sp³-hybridized carbons (Fsp3) is 0.964. The Labute approximate surface area is 217 Å². The Balaban J connectivity index is 4.74. The van der Waals surface area contributed by atoms with Crippen LogP contribution in [0, 0.1) is 17.8 Å². The van der Waals surface area contributed by atoms with Crippen LogP contribution in [-0.2, 0) is 4.74 Å². The van der Waals surface area contributed by atoms with Gasteiger partial charge in [0.1, 0.15) is 4.32 Å². The van der Waals surface area contributed by atoms with Crippen LogP contribution in [0.4, 0.5) is 0 Å². The quantitative estimate of drug-likeness (QED) is 0.150. The zero-order chi connectivity index (χ0) is 24.9. The third-order valence-corrected chi connectivity index (χ3v) is 8.58. The van der Waals surface area contributed by atoms with E-state index in [1.165, 1.54) is 70.6 Å². The van der Waals surface area contributed by atoms with Crippen LogP contribution in [0.5, 0.6) is 0 Å². The van der Waals surface area contributed by atoms with Crippen LogP contribution in [0.2, 0.25) is 0 Å². The zero-order valence-corrected chi connectivity index (χ0v) is 24.6. The first-order chi connectivity index (χ1) is 15.9. The van der Waals surface area contributed by atoms with Gasteiger partial charge in [-0.3, -0.25) is 0 Å². The molecule has 0 fully saturated rings. The molecule has 0 radical (unpaired) electrons. The highest BCUT2D eigenvalue weighted by atomic mass is 32.2. The highest BCUT2D eigenvalue weighted by molar-refractivity contribution is 8.22. The lowest BCUT2D eigenvalue weighted by atomic mass is 9.96. The topological polar surface area (TPSA) is 32.7 Å². The van der Waals surface area contributed by atoms with Gasteiger partial charge in [0.25, 0.3) is 0 Å². The Morgan fingerprint density at radius 2 is 1.21 bits per heavy atom. The largest absolute Gasteiger partial charge is 0.390 e. The Kier molecular flexibility index (Phi) is 22.7. The lowest BCUT2D eigenvalue weighted by Gasteiger charge is -2.32. The Morgan fingerprint density at radius 1 is 0.758 bits per heavy atom. The molecule has 4 atom stereocenters. The van der Waals surface area contributed by atoms with Crippen LogP contribution in [0.25, 0.3) is 0 Å².